The summed E-state index contributed by atoms with van der Waals surface area (Å²) in [5.74, 6) is -0.874. The van der Waals surface area contributed by atoms with E-state index >= 15 is 0 Å². The summed E-state index contributed by atoms with van der Waals surface area (Å²) in [5.41, 5.74) is 0. The second-order valence-electron chi connectivity index (χ2n) is 11.0. The quantitative estimate of drug-likeness (QED) is 0.319. The number of amides is 3. The lowest BCUT2D eigenvalue weighted by atomic mass is 9.91. The highest BCUT2D eigenvalue weighted by atomic mass is 16.5. The topological polar surface area (TPSA) is 112 Å². The molecule has 0 saturated carbocycles. The van der Waals surface area contributed by atoms with Crippen molar-refractivity contribution in [2.45, 2.75) is 83.3 Å². The van der Waals surface area contributed by atoms with E-state index in [1.165, 1.54) is 12.0 Å². The molecule has 11 nitrogen and oxygen atoms in total. The number of carbonyl (C=O) groups is 4. The van der Waals surface area contributed by atoms with Gasteiger partial charge in [0.25, 0.3) is 0 Å². The third-order valence-corrected chi connectivity index (χ3v) is 7.80. The van der Waals surface area contributed by atoms with Gasteiger partial charge in [0.1, 0.15) is 6.04 Å². The molecule has 1 rings (SSSR count). The average molecular weight is 542 g/mol. The molecule has 11 heteroatoms. The minimum absolute atomic E-state index is 0.0749. The zero-order valence-electron chi connectivity index (χ0n) is 25.3. The van der Waals surface area contributed by atoms with Gasteiger partial charge >= 0.3 is 0 Å². The molecule has 7 atom stereocenters. The highest BCUT2D eigenvalue weighted by molar-refractivity contribution is 5.89. The molecule has 0 aromatic rings. The Balaban J connectivity index is 2.89. The number of hydrogen-bond donors (Lipinski definition) is 1. The van der Waals surface area contributed by atoms with Crippen LogP contribution in [0.3, 0.4) is 0 Å². The van der Waals surface area contributed by atoms with Gasteiger partial charge in [-0.25, -0.2) is 0 Å². The number of rotatable bonds is 15. The highest BCUT2D eigenvalue weighted by Crippen LogP contribution is 2.28. The molecule has 7 unspecified atom stereocenters. The number of Topliss-reactive ketones (excluding diaryl/α,β-unsaturated/α-hetero) is 1. The summed E-state index contributed by atoms with van der Waals surface area (Å²) in [6, 6.07) is -1.71. The highest BCUT2D eigenvalue weighted by Gasteiger charge is 2.41. The predicted octanol–water partition coefficient (Wildman–Crippen LogP) is 0.466. The van der Waals surface area contributed by atoms with Gasteiger partial charge in [-0.1, -0.05) is 6.92 Å². The minimum Gasteiger partial charge on any atom is -0.379 e. The molecule has 1 aliphatic heterocycles. The third kappa shape index (κ3) is 9.00. The molecule has 0 aromatic heterocycles. The largest absolute Gasteiger partial charge is 0.379 e. The molecule has 0 radical (unpaired) electrons. The van der Waals surface area contributed by atoms with Crippen molar-refractivity contribution in [3.63, 3.8) is 0 Å². The smallest absolute Gasteiger partial charge is 0.244 e. The van der Waals surface area contributed by atoms with Gasteiger partial charge in [-0.05, 0) is 61.8 Å². The lowest BCUT2D eigenvalue weighted by Crippen LogP contribution is -2.54. The zero-order chi connectivity index (χ0) is 29.3. The average Bonchev–Trinajstić information content (AvgIpc) is 3.34. The standard InChI is InChI=1S/C27H51N5O6/c1-17(22(33)16-29(5)6)25(38-11)21-13-12-14-32(21)24(34)15-23(37-10)19(3)31(9)27(36)18(2)28-26(35)20(4)30(7)8/h17-21,23,25H,12-16H2,1-11H3,(H,28,35). The van der Waals surface area contributed by atoms with E-state index in [0.29, 0.717) is 13.1 Å². The van der Waals surface area contributed by atoms with Crippen molar-refractivity contribution in [2.24, 2.45) is 5.92 Å². The van der Waals surface area contributed by atoms with E-state index in [9.17, 15) is 19.2 Å². The van der Waals surface area contributed by atoms with Crippen LogP contribution >= 0.6 is 0 Å². The Kier molecular flexibility index (Phi) is 13.8. The SMILES string of the molecule is COC(CC(=O)N1CCCC1C(OC)C(C)C(=O)CN(C)C)C(C)N(C)C(=O)C(C)NC(=O)C(C)N(C)C. The van der Waals surface area contributed by atoms with Gasteiger partial charge in [0.05, 0.1) is 43.3 Å². The summed E-state index contributed by atoms with van der Waals surface area (Å²) in [6.45, 7) is 8.02. The summed E-state index contributed by atoms with van der Waals surface area (Å²) in [7, 11) is 12.1. The Labute approximate surface area is 229 Å². The first-order chi connectivity index (χ1) is 17.7. The fourth-order valence-corrected chi connectivity index (χ4v) is 4.90. The number of ketones is 1. The summed E-state index contributed by atoms with van der Waals surface area (Å²) in [5, 5.41) is 2.76. The Morgan fingerprint density at radius 3 is 2.08 bits per heavy atom. The number of likely N-dealkylation sites (N-methyl/N-ethyl adjacent to an activating group) is 3. The van der Waals surface area contributed by atoms with E-state index in [1.807, 2.05) is 32.8 Å². The molecule has 1 fully saturated rings. The first-order valence-corrected chi connectivity index (χ1v) is 13.4. The van der Waals surface area contributed by atoms with Crippen LogP contribution in [0.1, 0.15) is 47.0 Å². The van der Waals surface area contributed by atoms with Gasteiger partial charge < -0.3 is 29.5 Å². The summed E-state index contributed by atoms with van der Waals surface area (Å²) < 4.78 is 11.4. The molecule has 3 amide bonds. The van der Waals surface area contributed by atoms with Crippen LogP contribution in [0.4, 0.5) is 0 Å². The van der Waals surface area contributed by atoms with Crippen LogP contribution in [0.15, 0.2) is 0 Å². The number of nitrogens with zero attached hydrogens (tertiary/aromatic N) is 4. The van der Waals surface area contributed by atoms with Crippen LogP contribution in [-0.4, -0.2) is 142 Å². The number of likely N-dealkylation sites (tertiary alicyclic amines) is 1. The summed E-state index contributed by atoms with van der Waals surface area (Å²) in [4.78, 5) is 58.6. The Morgan fingerprint density at radius 1 is 0.974 bits per heavy atom. The maximum atomic E-state index is 13.5. The first kappa shape index (κ1) is 33.9. The third-order valence-electron chi connectivity index (χ3n) is 7.80. The molecule has 0 bridgehead atoms. The van der Waals surface area contributed by atoms with Crippen molar-refractivity contribution in [1.82, 2.24) is 24.9 Å². The van der Waals surface area contributed by atoms with Crippen molar-refractivity contribution in [1.29, 1.82) is 0 Å². The first-order valence-electron chi connectivity index (χ1n) is 13.4. The molecule has 1 aliphatic rings. The van der Waals surface area contributed by atoms with Crippen molar-refractivity contribution in [3.8, 4) is 0 Å². The number of carbonyl (C=O) groups excluding carboxylic acids is 4. The van der Waals surface area contributed by atoms with E-state index in [2.05, 4.69) is 5.32 Å². The Morgan fingerprint density at radius 2 is 1.58 bits per heavy atom. The van der Waals surface area contributed by atoms with Crippen molar-refractivity contribution >= 4 is 23.5 Å². The summed E-state index contributed by atoms with van der Waals surface area (Å²) in [6.07, 6.45) is 0.734. The number of nitrogens with one attached hydrogen (secondary N) is 1. The van der Waals surface area contributed by atoms with Crippen LogP contribution < -0.4 is 5.32 Å². The molecular formula is C27H51N5O6. The zero-order valence-corrected chi connectivity index (χ0v) is 25.3. The summed E-state index contributed by atoms with van der Waals surface area (Å²) >= 11 is 0. The van der Waals surface area contributed by atoms with Gasteiger partial charge in [-0.2, -0.15) is 0 Å². The number of methoxy groups -OCH3 is 2. The lowest BCUT2D eigenvalue weighted by molar-refractivity contribution is -0.145. The van der Waals surface area contributed by atoms with Crippen LogP contribution in [-0.2, 0) is 28.7 Å². The number of hydrogen-bond acceptors (Lipinski definition) is 8. The second-order valence-corrected chi connectivity index (χ2v) is 11.0. The van der Waals surface area contributed by atoms with Crippen molar-refractivity contribution < 1.29 is 28.7 Å². The van der Waals surface area contributed by atoms with Gasteiger partial charge in [0, 0.05) is 33.7 Å². The molecule has 220 valence electrons. The van der Waals surface area contributed by atoms with Crippen LogP contribution in [0.2, 0.25) is 0 Å². The van der Waals surface area contributed by atoms with Gasteiger partial charge in [-0.3, -0.25) is 24.1 Å². The van der Waals surface area contributed by atoms with Crippen LogP contribution in [0.5, 0.6) is 0 Å². The van der Waals surface area contributed by atoms with Gasteiger partial charge in [0.15, 0.2) is 5.78 Å². The maximum Gasteiger partial charge on any atom is 0.244 e. The van der Waals surface area contributed by atoms with E-state index in [4.69, 9.17) is 9.47 Å². The monoisotopic (exact) mass is 541 g/mol. The van der Waals surface area contributed by atoms with E-state index < -0.39 is 24.3 Å². The van der Waals surface area contributed by atoms with Gasteiger partial charge in [0.2, 0.25) is 17.7 Å². The molecule has 1 N–H and O–H groups in total. The van der Waals surface area contributed by atoms with E-state index in [0.717, 1.165) is 12.8 Å². The molecule has 0 aromatic carbocycles. The fraction of sp³-hybridized carbons (Fsp3) is 0.852. The van der Waals surface area contributed by atoms with Crippen LogP contribution in [0.25, 0.3) is 0 Å². The molecular weight excluding hydrogens is 490 g/mol. The van der Waals surface area contributed by atoms with Gasteiger partial charge in [-0.15, -0.1) is 0 Å². The molecule has 0 aliphatic carbocycles. The lowest BCUT2D eigenvalue weighted by Gasteiger charge is -2.36. The molecule has 38 heavy (non-hydrogen) atoms. The Bertz CT molecular complexity index is 807. The normalized spacial score (nSPS) is 20.6. The number of ether oxygens (including phenoxy) is 2. The Hall–Kier alpha value is -2.08. The second kappa shape index (κ2) is 15.5. The molecule has 0 spiro atoms. The van der Waals surface area contributed by atoms with Crippen LogP contribution in [0, 0.1) is 5.92 Å². The molecule has 1 saturated heterocycles. The molecule has 1 heterocycles. The van der Waals surface area contributed by atoms with Crippen molar-refractivity contribution in [3.05, 3.63) is 0 Å². The van der Waals surface area contributed by atoms with E-state index in [1.54, 1.807) is 51.9 Å². The minimum atomic E-state index is -0.725. The van der Waals surface area contributed by atoms with Crippen molar-refractivity contribution in [2.75, 3.05) is 62.5 Å². The predicted molar refractivity (Wildman–Crippen MR) is 147 cm³/mol. The maximum absolute atomic E-state index is 13.5. The fourth-order valence-electron chi connectivity index (χ4n) is 4.90. The van der Waals surface area contributed by atoms with E-state index in [-0.39, 0.29) is 47.9 Å².